The topological polar surface area (TPSA) is 84.0 Å². The molecule has 2 aromatic carbocycles. The number of halogens is 2. The number of esters is 2. The van der Waals surface area contributed by atoms with Crippen LogP contribution in [-0.4, -0.2) is 30.5 Å². The summed E-state index contributed by atoms with van der Waals surface area (Å²) in [6, 6.07) is 11.5. The fourth-order valence-electron chi connectivity index (χ4n) is 2.63. The van der Waals surface area contributed by atoms with Gasteiger partial charge in [0.15, 0.2) is 23.1 Å². The van der Waals surface area contributed by atoms with Gasteiger partial charge in [0.25, 0.3) is 0 Å². The van der Waals surface area contributed by atoms with Crippen molar-refractivity contribution in [1.29, 1.82) is 0 Å². The van der Waals surface area contributed by atoms with Gasteiger partial charge in [0, 0.05) is 35.0 Å². The van der Waals surface area contributed by atoms with Crippen molar-refractivity contribution in [3.63, 3.8) is 0 Å². The van der Waals surface area contributed by atoms with Gasteiger partial charge in [0.1, 0.15) is 5.69 Å². The Kier molecular flexibility index (Phi) is 9.74. The molecule has 38 heavy (non-hydrogen) atoms. The molecule has 0 N–H and O–H groups in total. The van der Waals surface area contributed by atoms with Crippen LogP contribution in [0.2, 0.25) is 0 Å². The summed E-state index contributed by atoms with van der Waals surface area (Å²) in [5.74, 6) is 8.42. The van der Waals surface area contributed by atoms with E-state index in [1.54, 1.807) is 24.3 Å². The SMILES string of the molecule is C=CC(=O)OCOc1ccc(C#Cc2ccc(C#Cc3ccc(OCOC(=O)C=C)c(F)c3)nc2)cc1F. The predicted octanol–water partition coefficient (Wildman–Crippen LogP) is 4.29. The first kappa shape index (κ1) is 27.2. The van der Waals surface area contributed by atoms with Gasteiger partial charge in [0.2, 0.25) is 13.6 Å². The third-order valence-corrected chi connectivity index (χ3v) is 4.48. The molecule has 0 fully saturated rings. The van der Waals surface area contributed by atoms with Crippen molar-refractivity contribution in [2.75, 3.05) is 13.6 Å². The van der Waals surface area contributed by atoms with Crippen LogP contribution in [0.5, 0.6) is 11.5 Å². The number of aromatic nitrogens is 1. The van der Waals surface area contributed by atoms with E-state index < -0.39 is 37.2 Å². The fourth-order valence-corrected chi connectivity index (χ4v) is 2.63. The summed E-state index contributed by atoms with van der Waals surface area (Å²) < 4.78 is 47.7. The molecule has 0 amide bonds. The highest BCUT2D eigenvalue weighted by Gasteiger charge is 2.06. The van der Waals surface area contributed by atoms with E-state index in [9.17, 15) is 18.4 Å². The van der Waals surface area contributed by atoms with E-state index in [1.165, 1.54) is 30.5 Å². The third kappa shape index (κ3) is 8.36. The molecule has 0 bridgehead atoms. The van der Waals surface area contributed by atoms with Gasteiger partial charge in [-0.15, -0.1) is 0 Å². The second-order valence-corrected chi connectivity index (χ2v) is 7.08. The lowest BCUT2D eigenvalue weighted by Crippen LogP contribution is -2.08. The van der Waals surface area contributed by atoms with Crippen LogP contribution >= 0.6 is 0 Å². The van der Waals surface area contributed by atoms with Gasteiger partial charge in [0.05, 0.1) is 0 Å². The maximum absolute atomic E-state index is 14.2. The quantitative estimate of drug-likeness (QED) is 0.192. The average Bonchev–Trinajstić information content (AvgIpc) is 2.93. The molecule has 0 saturated heterocycles. The highest BCUT2D eigenvalue weighted by atomic mass is 19.1. The molecule has 0 aliphatic heterocycles. The number of carbonyl (C=O) groups excluding carboxylic acids is 2. The molecule has 0 atom stereocenters. The zero-order valence-corrected chi connectivity index (χ0v) is 19.8. The van der Waals surface area contributed by atoms with Crippen LogP contribution in [0.25, 0.3) is 0 Å². The summed E-state index contributed by atoms with van der Waals surface area (Å²) in [6.07, 6.45) is 3.44. The first-order valence-electron chi connectivity index (χ1n) is 10.8. The molecule has 7 nitrogen and oxygen atoms in total. The summed E-state index contributed by atoms with van der Waals surface area (Å²) >= 11 is 0. The zero-order valence-electron chi connectivity index (χ0n) is 19.8. The highest BCUT2D eigenvalue weighted by molar-refractivity contribution is 5.81. The molecule has 190 valence electrons. The molecule has 1 aromatic heterocycles. The van der Waals surface area contributed by atoms with Crippen molar-refractivity contribution >= 4 is 11.9 Å². The van der Waals surface area contributed by atoms with Crippen LogP contribution in [0.4, 0.5) is 8.78 Å². The highest BCUT2D eigenvalue weighted by Crippen LogP contribution is 2.19. The van der Waals surface area contributed by atoms with Crippen LogP contribution in [0, 0.1) is 35.3 Å². The Balaban J connectivity index is 1.58. The number of hydrogen-bond donors (Lipinski definition) is 0. The standard InChI is InChI=1S/C29H19F2NO6/c1-3-28(33)37-18-35-26-13-9-20(15-24(26)30)5-6-22-8-12-23(32-17-22)11-7-21-10-14-27(25(31)16-21)36-19-38-29(34)4-2/h3-4,8-10,12-17H,1-2,18-19H2. The summed E-state index contributed by atoms with van der Waals surface area (Å²) in [5, 5.41) is 0. The minimum atomic E-state index is -0.683. The van der Waals surface area contributed by atoms with E-state index >= 15 is 0 Å². The second-order valence-electron chi connectivity index (χ2n) is 7.08. The molecule has 0 aliphatic rings. The van der Waals surface area contributed by atoms with Gasteiger partial charge in [-0.05, 0) is 54.5 Å². The van der Waals surface area contributed by atoms with Gasteiger partial charge in [-0.3, -0.25) is 0 Å². The van der Waals surface area contributed by atoms with Crippen molar-refractivity contribution in [3.05, 3.63) is 114 Å². The van der Waals surface area contributed by atoms with E-state index in [1.807, 2.05) is 0 Å². The molecule has 9 heteroatoms. The van der Waals surface area contributed by atoms with Gasteiger partial charge in [-0.1, -0.05) is 30.9 Å². The van der Waals surface area contributed by atoms with Gasteiger partial charge in [-0.25, -0.2) is 23.4 Å². The second kappa shape index (κ2) is 13.6. The zero-order chi connectivity index (χ0) is 27.3. The van der Waals surface area contributed by atoms with E-state index in [-0.39, 0.29) is 11.5 Å². The maximum Gasteiger partial charge on any atom is 0.333 e. The number of rotatable bonds is 8. The molecule has 0 spiro atoms. The minimum absolute atomic E-state index is 0.0897. The van der Waals surface area contributed by atoms with E-state index in [0.29, 0.717) is 22.4 Å². The Hall–Kier alpha value is -5.41. The molecule has 0 aliphatic carbocycles. The van der Waals surface area contributed by atoms with Crippen molar-refractivity contribution in [3.8, 4) is 35.2 Å². The van der Waals surface area contributed by atoms with Crippen LogP contribution in [0.3, 0.4) is 0 Å². The average molecular weight is 515 g/mol. The van der Waals surface area contributed by atoms with E-state index in [4.69, 9.17) is 9.47 Å². The molecule has 1 heterocycles. The lowest BCUT2D eigenvalue weighted by atomic mass is 10.2. The molecular formula is C29H19F2NO6. The summed E-state index contributed by atoms with van der Waals surface area (Å²) in [4.78, 5) is 26.2. The Morgan fingerprint density at radius 2 is 1.21 bits per heavy atom. The smallest absolute Gasteiger partial charge is 0.333 e. The van der Waals surface area contributed by atoms with Crippen LogP contribution < -0.4 is 9.47 Å². The number of hydrogen-bond acceptors (Lipinski definition) is 7. The van der Waals surface area contributed by atoms with Crippen LogP contribution in [0.1, 0.15) is 22.4 Å². The summed E-state index contributed by atoms with van der Waals surface area (Å²) in [7, 11) is 0. The van der Waals surface area contributed by atoms with Crippen molar-refractivity contribution < 1.29 is 37.3 Å². The first-order valence-corrected chi connectivity index (χ1v) is 10.8. The Labute approximate surface area is 217 Å². The maximum atomic E-state index is 14.2. The summed E-state index contributed by atoms with van der Waals surface area (Å²) in [6.45, 7) is 5.60. The largest absolute Gasteiger partial charge is 0.454 e. The first-order chi connectivity index (χ1) is 18.4. The van der Waals surface area contributed by atoms with E-state index in [2.05, 4.69) is 51.3 Å². The number of pyridine rings is 1. The van der Waals surface area contributed by atoms with Crippen molar-refractivity contribution in [2.24, 2.45) is 0 Å². The number of nitrogens with zero attached hydrogens (tertiary/aromatic N) is 1. The van der Waals surface area contributed by atoms with Crippen molar-refractivity contribution in [2.45, 2.75) is 0 Å². The number of carbonyl (C=O) groups is 2. The van der Waals surface area contributed by atoms with Crippen LogP contribution in [0.15, 0.2) is 80.0 Å². The Bertz CT molecular complexity index is 1360. The Morgan fingerprint density at radius 1 is 0.737 bits per heavy atom. The van der Waals surface area contributed by atoms with Crippen LogP contribution in [-0.2, 0) is 19.1 Å². The van der Waals surface area contributed by atoms with Gasteiger partial charge in [-0.2, -0.15) is 0 Å². The summed E-state index contributed by atoms with van der Waals surface area (Å²) in [5.41, 5.74) is 1.78. The minimum Gasteiger partial charge on any atom is -0.454 e. The molecule has 0 unspecified atom stereocenters. The predicted molar refractivity (Wildman–Crippen MR) is 133 cm³/mol. The Morgan fingerprint density at radius 3 is 1.66 bits per heavy atom. The van der Waals surface area contributed by atoms with Crippen molar-refractivity contribution in [1.82, 2.24) is 4.98 Å². The third-order valence-electron chi connectivity index (χ3n) is 4.48. The molecule has 3 rings (SSSR count). The molecular weight excluding hydrogens is 496 g/mol. The molecule has 0 radical (unpaired) electrons. The fraction of sp³-hybridized carbons (Fsp3) is 0.0690. The number of ether oxygens (including phenoxy) is 4. The van der Waals surface area contributed by atoms with Gasteiger partial charge < -0.3 is 18.9 Å². The van der Waals surface area contributed by atoms with E-state index in [0.717, 1.165) is 12.2 Å². The molecule has 3 aromatic rings. The monoisotopic (exact) mass is 515 g/mol. The lowest BCUT2D eigenvalue weighted by molar-refractivity contribution is -0.145. The normalized spacial score (nSPS) is 9.53. The lowest BCUT2D eigenvalue weighted by Gasteiger charge is -2.07. The molecule has 0 saturated carbocycles. The number of benzene rings is 2. The van der Waals surface area contributed by atoms with Gasteiger partial charge >= 0.3 is 11.9 Å².